The number of benzene rings is 1. The van der Waals surface area contributed by atoms with Crippen LogP contribution in [0.1, 0.15) is 5.56 Å². The van der Waals surface area contributed by atoms with Crippen molar-refractivity contribution in [2.45, 2.75) is 10.1 Å². The van der Waals surface area contributed by atoms with Crippen molar-refractivity contribution in [3.05, 3.63) is 30.1 Å². The summed E-state index contributed by atoms with van der Waals surface area (Å²) in [7, 11) is 3.42. The lowest BCUT2D eigenvalue weighted by Crippen LogP contribution is -2.14. The average molecular weight is 279 g/mol. The van der Waals surface area contributed by atoms with Crippen molar-refractivity contribution in [2.24, 2.45) is 17.9 Å². The third-order valence-corrected chi connectivity index (χ3v) is 3.55. The number of ether oxygens (including phenoxy) is 1. The van der Waals surface area contributed by atoms with Crippen LogP contribution in [0, 0.1) is 0 Å². The molecule has 0 unspecified atom stereocenters. The monoisotopic (exact) mass is 279 g/mol. The normalized spacial score (nSPS) is 11.6. The van der Waals surface area contributed by atoms with Gasteiger partial charge >= 0.3 is 0 Å². The number of oxime groups is 1. The molecular weight excluding hydrogens is 266 g/mol. The summed E-state index contributed by atoms with van der Waals surface area (Å²) in [5.74, 6) is 0.714. The second kappa shape index (κ2) is 5.61. The van der Waals surface area contributed by atoms with Crippen LogP contribution in [0.25, 0.3) is 0 Å². The standard InChI is InChI=1S/C11H13N5O2S/c1-16-6-13-14-11(16)19-9-5-7(18-2)3-4-8(9)10(12)15-17/h3-6,17H,1-2H3,(H2,12,15). The Bertz CT molecular complexity index is 611. The van der Waals surface area contributed by atoms with Crippen LogP contribution in [-0.4, -0.2) is 32.9 Å². The van der Waals surface area contributed by atoms with Crippen LogP contribution in [-0.2, 0) is 7.05 Å². The molecule has 1 aromatic carbocycles. The summed E-state index contributed by atoms with van der Waals surface area (Å²) in [4.78, 5) is 0.769. The second-order valence-electron chi connectivity index (χ2n) is 3.67. The summed E-state index contributed by atoms with van der Waals surface area (Å²) in [5, 5.41) is 20.3. The van der Waals surface area contributed by atoms with E-state index in [1.807, 2.05) is 7.05 Å². The molecule has 19 heavy (non-hydrogen) atoms. The van der Waals surface area contributed by atoms with E-state index < -0.39 is 0 Å². The van der Waals surface area contributed by atoms with Gasteiger partial charge < -0.3 is 20.2 Å². The molecule has 0 saturated carbocycles. The predicted octanol–water partition coefficient (Wildman–Crippen LogP) is 1.07. The molecule has 0 aliphatic rings. The molecule has 0 bridgehead atoms. The van der Waals surface area contributed by atoms with E-state index in [-0.39, 0.29) is 5.84 Å². The molecule has 0 aliphatic heterocycles. The molecule has 2 aromatic rings. The molecule has 1 aromatic heterocycles. The first-order valence-corrected chi connectivity index (χ1v) is 6.15. The van der Waals surface area contributed by atoms with Gasteiger partial charge in [-0.3, -0.25) is 0 Å². The number of nitrogens with two attached hydrogens (primary N) is 1. The molecule has 0 amide bonds. The van der Waals surface area contributed by atoms with Crippen molar-refractivity contribution in [1.29, 1.82) is 0 Å². The summed E-state index contributed by atoms with van der Waals surface area (Å²) in [5.41, 5.74) is 6.26. The molecule has 8 heteroatoms. The van der Waals surface area contributed by atoms with Crippen LogP contribution in [0.4, 0.5) is 0 Å². The van der Waals surface area contributed by atoms with Gasteiger partial charge in [0.1, 0.15) is 12.1 Å². The van der Waals surface area contributed by atoms with Crippen LogP contribution in [0.5, 0.6) is 5.75 Å². The predicted molar refractivity (Wildman–Crippen MR) is 70.6 cm³/mol. The number of hydrogen-bond donors (Lipinski definition) is 2. The van der Waals surface area contributed by atoms with Gasteiger partial charge in [-0.05, 0) is 30.0 Å². The van der Waals surface area contributed by atoms with Crippen LogP contribution in [0.2, 0.25) is 0 Å². The summed E-state index contributed by atoms with van der Waals surface area (Å²) < 4.78 is 6.95. The molecule has 100 valence electrons. The zero-order valence-corrected chi connectivity index (χ0v) is 11.3. The molecule has 7 nitrogen and oxygen atoms in total. The molecule has 0 spiro atoms. The topological polar surface area (TPSA) is 98.6 Å². The molecule has 2 rings (SSSR count). The molecule has 0 aliphatic carbocycles. The number of amidine groups is 1. The fourth-order valence-corrected chi connectivity index (χ4v) is 2.38. The lowest BCUT2D eigenvalue weighted by molar-refractivity contribution is 0.318. The van der Waals surface area contributed by atoms with Crippen LogP contribution in [0.3, 0.4) is 0 Å². The van der Waals surface area contributed by atoms with Gasteiger partial charge in [0.15, 0.2) is 11.0 Å². The van der Waals surface area contributed by atoms with E-state index in [2.05, 4.69) is 15.4 Å². The van der Waals surface area contributed by atoms with Crippen LogP contribution in [0.15, 0.2) is 39.7 Å². The van der Waals surface area contributed by atoms with Gasteiger partial charge in [-0.1, -0.05) is 5.16 Å². The molecule has 0 radical (unpaired) electrons. The van der Waals surface area contributed by atoms with Gasteiger partial charge in [0, 0.05) is 17.5 Å². The van der Waals surface area contributed by atoms with E-state index in [1.54, 1.807) is 36.2 Å². The molecule has 0 atom stereocenters. The summed E-state index contributed by atoms with van der Waals surface area (Å²) in [6.45, 7) is 0. The first kappa shape index (κ1) is 13.2. The Balaban J connectivity index is 2.44. The van der Waals surface area contributed by atoms with Crippen molar-refractivity contribution in [1.82, 2.24) is 14.8 Å². The quantitative estimate of drug-likeness (QED) is 0.376. The fourth-order valence-electron chi connectivity index (χ4n) is 1.44. The first-order chi connectivity index (χ1) is 9.15. The minimum Gasteiger partial charge on any atom is -0.497 e. The molecule has 0 fully saturated rings. The highest BCUT2D eigenvalue weighted by atomic mass is 32.2. The summed E-state index contributed by atoms with van der Waals surface area (Å²) in [6.07, 6.45) is 1.60. The largest absolute Gasteiger partial charge is 0.497 e. The van der Waals surface area contributed by atoms with Crippen molar-refractivity contribution in [3.63, 3.8) is 0 Å². The Kier molecular flexibility index (Phi) is 3.91. The minimum absolute atomic E-state index is 0.0346. The zero-order chi connectivity index (χ0) is 13.8. The minimum atomic E-state index is 0.0346. The Labute approximate surface area is 114 Å². The van der Waals surface area contributed by atoms with E-state index in [9.17, 15) is 0 Å². The maximum Gasteiger partial charge on any atom is 0.195 e. The number of aryl methyl sites for hydroxylation is 1. The Hall–Kier alpha value is -2.22. The van der Waals surface area contributed by atoms with Crippen molar-refractivity contribution >= 4 is 17.6 Å². The highest BCUT2D eigenvalue weighted by Gasteiger charge is 2.12. The van der Waals surface area contributed by atoms with Crippen LogP contribution >= 0.6 is 11.8 Å². The first-order valence-electron chi connectivity index (χ1n) is 5.33. The SMILES string of the molecule is COc1ccc(/C(N)=N/O)c(Sc2nncn2C)c1. The zero-order valence-electron chi connectivity index (χ0n) is 10.4. The van der Waals surface area contributed by atoms with E-state index in [0.29, 0.717) is 16.5 Å². The molecule has 1 heterocycles. The average Bonchev–Trinajstić information content (AvgIpc) is 2.83. The number of aromatic nitrogens is 3. The van der Waals surface area contributed by atoms with E-state index in [4.69, 9.17) is 15.7 Å². The third-order valence-electron chi connectivity index (χ3n) is 2.44. The van der Waals surface area contributed by atoms with Gasteiger partial charge in [0.25, 0.3) is 0 Å². The van der Waals surface area contributed by atoms with Gasteiger partial charge in [0.05, 0.1) is 7.11 Å². The van der Waals surface area contributed by atoms with Crippen molar-refractivity contribution in [3.8, 4) is 5.75 Å². The van der Waals surface area contributed by atoms with Gasteiger partial charge in [0.2, 0.25) is 0 Å². The Morgan fingerprint density at radius 1 is 1.53 bits per heavy atom. The lowest BCUT2D eigenvalue weighted by Gasteiger charge is -2.09. The molecule has 0 saturated heterocycles. The highest BCUT2D eigenvalue weighted by molar-refractivity contribution is 7.99. The maximum atomic E-state index is 8.81. The van der Waals surface area contributed by atoms with E-state index >= 15 is 0 Å². The van der Waals surface area contributed by atoms with E-state index in [1.165, 1.54) is 11.8 Å². The van der Waals surface area contributed by atoms with Crippen LogP contribution < -0.4 is 10.5 Å². The van der Waals surface area contributed by atoms with Gasteiger partial charge in [-0.15, -0.1) is 10.2 Å². The second-order valence-corrected chi connectivity index (χ2v) is 4.68. The smallest absolute Gasteiger partial charge is 0.195 e. The number of rotatable bonds is 4. The highest BCUT2D eigenvalue weighted by Crippen LogP contribution is 2.31. The number of hydrogen-bond acceptors (Lipinski definition) is 6. The lowest BCUT2D eigenvalue weighted by atomic mass is 10.2. The van der Waals surface area contributed by atoms with E-state index in [0.717, 1.165) is 4.90 Å². The van der Waals surface area contributed by atoms with Gasteiger partial charge in [-0.25, -0.2) is 0 Å². The molecule has 3 N–H and O–H groups in total. The Morgan fingerprint density at radius 2 is 2.32 bits per heavy atom. The number of nitrogens with zero attached hydrogens (tertiary/aromatic N) is 4. The van der Waals surface area contributed by atoms with Crippen molar-refractivity contribution < 1.29 is 9.94 Å². The summed E-state index contributed by atoms with van der Waals surface area (Å²) >= 11 is 1.36. The Morgan fingerprint density at radius 3 is 2.89 bits per heavy atom. The third kappa shape index (κ3) is 2.79. The number of methoxy groups -OCH3 is 1. The fraction of sp³-hybridized carbons (Fsp3) is 0.182. The molecular formula is C11H13N5O2S. The maximum absolute atomic E-state index is 8.81. The van der Waals surface area contributed by atoms with Crippen molar-refractivity contribution in [2.75, 3.05) is 7.11 Å². The van der Waals surface area contributed by atoms with Gasteiger partial charge in [-0.2, -0.15) is 0 Å². The summed E-state index contributed by atoms with van der Waals surface area (Å²) in [6, 6.07) is 5.27.